The van der Waals surface area contributed by atoms with Gasteiger partial charge >= 0.3 is 5.69 Å². The van der Waals surface area contributed by atoms with Crippen LogP contribution in [0.25, 0.3) is 5.69 Å². The number of carbonyl (C=O) groups excluding carboxylic acids is 1. The van der Waals surface area contributed by atoms with Crippen LogP contribution in [-0.2, 0) is 0 Å². The van der Waals surface area contributed by atoms with Crippen molar-refractivity contribution in [2.24, 2.45) is 0 Å². The van der Waals surface area contributed by atoms with E-state index in [-0.39, 0.29) is 17.5 Å². The molecule has 0 bridgehead atoms. The quantitative estimate of drug-likeness (QED) is 0.733. The Kier molecular flexibility index (Phi) is 4.45. The summed E-state index contributed by atoms with van der Waals surface area (Å²) in [4.78, 5) is 30.9. The molecule has 1 aliphatic heterocycles. The normalized spacial score (nSPS) is 17.0. The van der Waals surface area contributed by atoms with Crippen LogP contribution in [0.3, 0.4) is 0 Å². The first kappa shape index (κ1) is 17.0. The van der Waals surface area contributed by atoms with Crippen LogP contribution >= 0.6 is 0 Å². The predicted molar refractivity (Wildman–Crippen MR) is 101 cm³/mol. The average Bonchev–Trinajstić information content (AvgIpc) is 3.09. The zero-order valence-corrected chi connectivity index (χ0v) is 14.7. The molecule has 1 aromatic carbocycles. The number of pyridine rings is 1. The molecule has 8 heteroatoms. The third-order valence-electron chi connectivity index (χ3n) is 4.81. The lowest BCUT2D eigenvalue weighted by molar-refractivity contribution is 0.0704. The molecule has 1 saturated heterocycles. The van der Waals surface area contributed by atoms with Crippen LogP contribution in [0.2, 0.25) is 0 Å². The van der Waals surface area contributed by atoms with Gasteiger partial charge in [0.15, 0.2) is 0 Å². The number of aromatic nitrogens is 4. The number of para-hydroxylation sites is 1. The zero-order chi connectivity index (χ0) is 18.8. The summed E-state index contributed by atoms with van der Waals surface area (Å²) in [5.74, 6) is 0.858. The highest BCUT2D eigenvalue weighted by Crippen LogP contribution is 2.27. The summed E-state index contributed by atoms with van der Waals surface area (Å²) < 4.78 is 1.59. The Labute approximate surface area is 155 Å². The molecule has 0 unspecified atom stereocenters. The van der Waals surface area contributed by atoms with E-state index in [1.807, 2.05) is 30.3 Å². The summed E-state index contributed by atoms with van der Waals surface area (Å²) in [6.07, 6.45) is 3.23. The van der Waals surface area contributed by atoms with Gasteiger partial charge in [-0.05, 0) is 37.1 Å². The number of anilines is 1. The summed E-state index contributed by atoms with van der Waals surface area (Å²) in [5.41, 5.74) is 6.70. The highest BCUT2D eigenvalue weighted by atomic mass is 16.2. The lowest BCUT2D eigenvalue weighted by atomic mass is 9.96. The average molecular weight is 364 g/mol. The van der Waals surface area contributed by atoms with Gasteiger partial charge in [0, 0.05) is 30.8 Å². The van der Waals surface area contributed by atoms with E-state index in [0.717, 1.165) is 18.5 Å². The molecule has 0 aliphatic carbocycles. The molecule has 1 fully saturated rings. The molecule has 8 nitrogen and oxygen atoms in total. The minimum atomic E-state index is -0.276. The SMILES string of the molecule is Nc1cc(C(=O)N2CCC[C@@H](c3n[nH]c(=O)n3-c3ccccc3)C2)ccn1. The van der Waals surface area contributed by atoms with Gasteiger partial charge in [0.1, 0.15) is 11.6 Å². The molecular formula is C19H20N6O2. The third kappa shape index (κ3) is 3.33. The van der Waals surface area contributed by atoms with E-state index < -0.39 is 0 Å². The number of rotatable bonds is 3. The van der Waals surface area contributed by atoms with Crippen LogP contribution in [0.4, 0.5) is 5.82 Å². The first-order chi connectivity index (χ1) is 13.1. The Bertz CT molecular complexity index is 1010. The molecule has 0 spiro atoms. The third-order valence-corrected chi connectivity index (χ3v) is 4.81. The highest BCUT2D eigenvalue weighted by Gasteiger charge is 2.29. The maximum atomic E-state index is 12.8. The van der Waals surface area contributed by atoms with Gasteiger partial charge in [0.2, 0.25) is 0 Å². The number of hydrogen-bond donors (Lipinski definition) is 2. The largest absolute Gasteiger partial charge is 0.384 e. The van der Waals surface area contributed by atoms with E-state index in [0.29, 0.717) is 30.3 Å². The number of carbonyl (C=O) groups is 1. The van der Waals surface area contributed by atoms with Crippen LogP contribution in [0.5, 0.6) is 0 Å². The van der Waals surface area contributed by atoms with Gasteiger partial charge in [-0.15, -0.1) is 0 Å². The van der Waals surface area contributed by atoms with Crippen molar-refractivity contribution in [3.05, 3.63) is 70.5 Å². The van der Waals surface area contributed by atoms with Gasteiger partial charge in [0.05, 0.1) is 5.69 Å². The fourth-order valence-electron chi connectivity index (χ4n) is 3.55. The van der Waals surface area contributed by atoms with Crippen LogP contribution in [0, 0.1) is 0 Å². The topological polar surface area (TPSA) is 110 Å². The number of nitrogen functional groups attached to an aromatic ring is 1. The van der Waals surface area contributed by atoms with E-state index in [9.17, 15) is 9.59 Å². The first-order valence-corrected chi connectivity index (χ1v) is 8.87. The fourth-order valence-corrected chi connectivity index (χ4v) is 3.55. The number of likely N-dealkylation sites (tertiary alicyclic amines) is 1. The number of H-pyrrole nitrogens is 1. The van der Waals surface area contributed by atoms with Crippen molar-refractivity contribution in [1.82, 2.24) is 24.6 Å². The molecule has 3 aromatic rings. The molecule has 138 valence electrons. The highest BCUT2D eigenvalue weighted by molar-refractivity contribution is 5.94. The monoisotopic (exact) mass is 364 g/mol. The smallest absolute Gasteiger partial charge is 0.347 e. The Hall–Kier alpha value is -3.42. The van der Waals surface area contributed by atoms with E-state index in [4.69, 9.17) is 5.73 Å². The van der Waals surface area contributed by atoms with Crippen LogP contribution < -0.4 is 11.4 Å². The molecule has 1 amide bonds. The Balaban J connectivity index is 1.61. The van der Waals surface area contributed by atoms with Crippen molar-refractivity contribution >= 4 is 11.7 Å². The summed E-state index contributed by atoms with van der Waals surface area (Å²) in [7, 11) is 0. The number of amides is 1. The van der Waals surface area contributed by atoms with Gasteiger partial charge < -0.3 is 10.6 Å². The number of nitrogens with zero attached hydrogens (tertiary/aromatic N) is 4. The van der Waals surface area contributed by atoms with E-state index in [1.165, 1.54) is 6.20 Å². The summed E-state index contributed by atoms with van der Waals surface area (Å²) >= 11 is 0. The second-order valence-electron chi connectivity index (χ2n) is 6.62. The number of aromatic amines is 1. The molecule has 1 aliphatic rings. The molecule has 27 heavy (non-hydrogen) atoms. The van der Waals surface area contributed by atoms with Crippen LogP contribution in [0.1, 0.15) is 34.9 Å². The molecule has 4 rings (SSSR count). The van der Waals surface area contributed by atoms with Gasteiger partial charge in [-0.2, -0.15) is 5.10 Å². The lowest BCUT2D eigenvalue weighted by Gasteiger charge is -2.32. The zero-order valence-electron chi connectivity index (χ0n) is 14.7. The Morgan fingerprint density at radius 3 is 2.81 bits per heavy atom. The van der Waals surface area contributed by atoms with Crippen molar-refractivity contribution in [1.29, 1.82) is 0 Å². The summed E-state index contributed by atoms with van der Waals surface area (Å²) in [6, 6.07) is 12.6. The number of hydrogen-bond acceptors (Lipinski definition) is 5. The fraction of sp³-hybridized carbons (Fsp3) is 0.263. The molecular weight excluding hydrogens is 344 g/mol. The van der Waals surface area contributed by atoms with E-state index in [2.05, 4.69) is 15.2 Å². The van der Waals surface area contributed by atoms with Crippen molar-refractivity contribution in [2.75, 3.05) is 18.8 Å². The van der Waals surface area contributed by atoms with Gasteiger partial charge in [-0.1, -0.05) is 18.2 Å². The maximum absolute atomic E-state index is 12.8. The molecule has 3 heterocycles. The van der Waals surface area contributed by atoms with E-state index in [1.54, 1.807) is 21.6 Å². The Morgan fingerprint density at radius 2 is 2.04 bits per heavy atom. The second kappa shape index (κ2) is 7.06. The maximum Gasteiger partial charge on any atom is 0.347 e. The van der Waals surface area contributed by atoms with Gasteiger partial charge in [-0.3, -0.25) is 4.79 Å². The van der Waals surface area contributed by atoms with Crippen LogP contribution in [0.15, 0.2) is 53.5 Å². The molecule has 0 saturated carbocycles. The van der Waals surface area contributed by atoms with E-state index >= 15 is 0 Å². The van der Waals surface area contributed by atoms with Crippen molar-refractivity contribution in [3.63, 3.8) is 0 Å². The van der Waals surface area contributed by atoms with Gasteiger partial charge in [-0.25, -0.2) is 19.4 Å². The van der Waals surface area contributed by atoms with Crippen molar-refractivity contribution in [3.8, 4) is 5.69 Å². The summed E-state index contributed by atoms with van der Waals surface area (Å²) in [6.45, 7) is 1.16. The lowest BCUT2D eigenvalue weighted by Crippen LogP contribution is -2.40. The molecule has 2 aromatic heterocycles. The summed E-state index contributed by atoms with van der Waals surface area (Å²) in [5, 5.41) is 6.80. The Morgan fingerprint density at radius 1 is 1.22 bits per heavy atom. The molecule has 1 atom stereocenters. The number of nitrogens with one attached hydrogen (secondary N) is 1. The minimum Gasteiger partial charge on any atom is -0.384 e. The number of benzene rings is 1. The van der Waals surface area contributed by atoms with Crippen molar-refractivity contribution in [2.45, 2.75) is 18.8 Å². The number of piperidine rings is 1. The standard InChI is InChI=1S/C19H20N6O2/c20-16-11-13(8-9-21-16)18(26)24-10-4-5-14(12-24)17-22-23-19(27)25(17)15-6-2-1-3-7-15/h1-3,6-9,11,14H,4-5,10,12H2,(H2,20,21)(H,23,27)/t14-/m1/s1. The predicted octanol–water partition coefficient (Wildman–Crippen LogP) is 1.56. The van der Waals surface area contributed by atoms with Crippen molar-refractivity contribution < 1.29 is 4.79 Å². The molecule has 0 radical (unpaired) electrons. The molecule has 3 N–H and O–H groups in total. The van der Waals surface area contributed by atoms with Crippen LogP contribution in [-0.4, -0.2) is 43.6 Å². The minimum absolute atomic E-state index is 0.0268. The first-order valence-electron chi connectivity index (χ1n) is 8.87. The second-order valence-corrected chi connectivity index (χ2v) is 6.62. The van der Waals surface area contributed by atoms with Gasteiger partial charge in [0.25, 0.3) is 5.91 Å². The number of nitrogens with two attached hydrogens (primary N) is 1.